The molecular weight excluding hydrogens is 273 g/mol. The Morgan fingerprint density at radius 2 is 2.25 bits per heavy atom. The molecule has 1 heterocycles. The van der Waals surface area contributed by atoms with Gasteiger partial charge in [-0.05, 0) is 42.3 Å². The molecule has 0 bridgehead atoms. The van der Waals surface area contributed by atoms with Crippen LogP contribution in [0.3, 0.4) is 0 Å². The topological polar surface area (TPSA) is 35.2 Å². The molecule has 20 heavy (non-hydrogen) atoms. The number of nitrogens with two attached hydrogens (primary N) is 1. The fourth-order valence-corrected chi connectivity index (χ4v) is 4.05. The molecule has 2 nitrogen and oxygen atoms in total. The highest BCUT2D eigenvalue weighted by Gasteiger charge is 2.29. The third-order valence-electron chi connectivity index (χ3n) is 4.10. The number of hydrogen-bond donors (Lipinski definition) is 1. The van der Waals surface area contributed by atoms with Crippen molar-refractivity contribution >= 4 is 11.3 Å². The number of methoxy groups -OCH3 is 1. The van der Waals surface area contributed by atoms with Gasteiger partial charge in [-0.3, -0.25) is 0 Å². The molecule has 0 radical (unpaired) electrons. The molecule has 0 fully saturated rings. The van der Waals surface area contributed by atoms with Crippen molar-refractivity contribution in [3.8, 4) is 5.75 Å². The minimum absolute atomic E-state index is 0.201. The van der Waals surface area contributed by atoms with Gasteiger partial charge in [0.2, 0.25) is 0 Å². The van der Waals surface area contributed by atoms with Crippen LogP contribution in [0.4, 0.5) is 4.39 Å². The van der Waals surface area contributed by atoms with E-state index in [4.69, 9.17) is 10.5 Å². The summed E-state index contributed by atoms with van der Waals surface area (Å²) in [6.07, 6.45) is 3.26. The Balaban J connectivity index is 1.97. The van der Waals surface area contributed by atoms with Gasteiger partial charge in [0.05, 0.1) is 7.11 Å². The third kappa shape index (κ3) is 2.23. The molecule has 3 rings (SSSR count). The molecule has 1 aliphatic rings. The number of rotatable bonds is 3. The first kappa shape index (κ1) is 13.6. The summed E-state index contributed by atoms with van der Waals surface area (Å²) in [6, 6.07) is 7.01. The van der Waals surface area contributed by atoms with Crippen molar-refractivity contribution < 1.29 is 9.13 Å². The zero-order valence-electron chi connectivity index (χ0n) is 11.4. The molecule has 4 heteroatoms. The van der Waals surface area contributed by atoms with Crippen LogP contribution in [0.5, 0.6) is 5.75 Å². The smallest absolute Gasteiger partial charge is 0.169 e. The van der Waals surface area contributed by atoms with Gasteiger partial charge in [0, 0.05) is 22.4 Å². The monoisotopic (exact) mass is 291 g/mol. The Kier molecular flexibility index (Phi) is 3.76. The van der Waals surface area contributed by atoms with Crippen molar-refractivity contribution in [3.05, 3.63) is 51.5 Å². The van der Waals surface area contributed by atoms with Gasteiger partial charge in [-0.15, -0.1) is 11.3 Å². The van der Waals surface area contributed by atoms with E-state index in [1.807, 2.05) is 0 Å². The number of halogens is 1. The zero-order valence-corrected chi connectivity index (χ0v) is 12.3. The average molecular weight is 291 g/mol. The molecule has 2 N–H and O–H groups in total. The number of aryl methyl sites for hydroxylation is 1. The van der Waals surface area contributed by atoms with Crippen molar-refractivity contribution in [2.24, 2.45) is 5.73 Å². The highest BCUT2D eigenvalue weighted by atomic mass is 32.1. The van der Waals surface area contributed by atoms with Crippen molar-refractivity contribution in [1.29, 1.82) is 0 Å². The molecule has 1 aromatic heterocycles. The number of fused-ring (bicyclic) bond motifs is 1. The molecule has 0 amide bonds. The minimum Gasteiger partial charge on any atom is -0.494 e. The van der Waals surface area contributed by atoms with Crippen LogP contribution in [-0.4, -0.2) is 7.11 Å². The summed E-state index contributed by atoms with van der Waals surface area (Å²) < 4.78 is 19.4. The lowest BCUT2D eigenvalue weighted by Crippen LogP contribution is -2.23. The van der Waals surface area contributed by atoms with Crippen LogP contribution in [0.25, 0.3) is 0 Å². The first-order chi connectivity index (χ1) is 9.72. The first-order valence-corrected chi connectivity index (χ1v) is 7.74. The molecule has 106 valence electrons. The van der Waals surface area contributed by atoms with Gasteiger partial charge < -0.3 is 10.5 Å². The summed E-state index contributed by atoms with van der Waals surface area (Å²) in [7, 11) is 1.48. The van der Waals surface area contributed by atoms with Crippen LogP contribution in [0.15, 0.2) is 29.6 Å². The van der Waals surface area contributed by atoms with Crippen LogP contribution < -0.4 is 10.5 Å². The highest BCUT2D eigenvalue weighted by molar-refractivity contribution is 7.10. The summed E-state index contributed by atoms with van der Waals surface area (Å²) >= 11 is 1.78. The Hall–Kier alpha value is -1.39. The van der Waals surface area contributed by atoms with E-state index in [1.54, 1.807) is 29.5 Å². The second kappa shape index (κ2) is 5.54. The maximum absolute atomic E-state index is 14.4. The zero-order chi connectivity index (χ0) is 14.1. The number of hydrogen-bond acceptors (Lipinski definition) is 3. The van der Waals surface area contributed by atoms with Gasteiger partial charge in [-0.1, -0.05) is 12.1 Å². The second-order valence-corrected chi connectivity index (χ2v) is 6.19. The lowest BCUT2D eigenvalue weighted by Gasteiger charge is -2.28. The summed E-state index contributed by atoms with van der Waals surface area (Å²) in [6.45, 7) is 0. The SMILES string of the molecule is COc1cccc(C(N)C2CCCc3sccc32)c1F. The lowest BCUT2D eigenvalue weighted by molar-refractivity contribution is 0.378. The van der Waals surface area contributed by atoms with Gasteiger partial charge in [-0.25, -0.2) is 4.39 Å². The number of benzene rings is 1. The standard InChI is InChI=1S/C16H18FNOS/c1-19-13-6-2-5-12(15(13)17)16(18)11-4-3-7-14-10(11)8-9-20-14/h2,5-6,8-9,11,16H,3-4,7,18H2,1H3. The van der Waals surface area contributed by atoms with E-state index >= 15 is 0 Å². The van der Waals surface area contributed by atoms with Crippen molar-refractivity contribution in [2.75, 3.05) is 7.11 Å². The van der Waals surface area contributed by atoms with Gasteiger partial charge in [0.1, 0.15) is 0 Å². The molecule has 1 aromatic carbocycles. The first-order valence-electron chi connectivity index (χ1n) is 6.86. The number of ether oxygens (including phenoxy) is 1. The van der Waals surface area contributed by atoms with Gasteiger partial charge in [-0.2, -0.15) is 0 Å². The second-order valence-electron chi connectivity index (χ2n) is 5.19. The maximum Gasteiger partial charge on any atom is 0.169 e. The predicted molar refractivity (Wildman–Crippen MR) is 79.9 cm³/mol. The summed E-state index contributed by atoms with van der Waals surface area (Å²) in [4.78, 5) is 1.40. The van der Waals surface area contributed by atoms with Crippen molar-refractivity contribution in [3.63, 3.8) is 0 Å². The highest BCUT2D eigenvalue weighted by Crippen LogP contribution is 2.42. The predicted octanol–water partition coefficient (Wildman–Crippen LogP) is 4.02. The quantitative estimate of drug-likeness (QED) is 0.927. The molecule has 0 saturated carbocycles. The summed E-state index contributed by atoms with van der Waals surface area (Å²) in [5.74, 6) is 0.135. The van der Waals surface area contributed by atoms with E-state index in [-0.39, 0.29) is 23.5 Å². The number of thiophene rings is 1. The molecule has 2 atom stereocenters. The fraction of sp³-hybridized carbons (Fsp3) is 0.375. The van der Waals surface area contributed by atoms with Crippen LogP contribution in [0.1, 0.15) is 40.8 Å². The largest absolute Gasteiger partial charge is 0.494 e. The fourth-order valence-electron chi connectivity index (χ4n) is 3.05. The van der Waals surface area contributed by atoms with E-state index in [2.05, 4.69) is 11.4 Å². The molecule has 1 aliphatic carbocycles. The van der Waals surface area contributed by atoms with E-state index in [9.17, 15) is 4.39 Å². The van der Waals surface area contributed by atoms with Crippen LogP contribution in [-0.2, 0) is 6.42 Å². The van der Waals surface area contributed by atoms with E-state index in [1.165, 1.54) is 17.6 Å². The lowest BCUT2D eigenvalue weighted by atomic mass is 9.80. The van der Waals surface area contributed by atoms with Crippen LogP contribution in [0.2, 0.25) is 0 Å². The summed E-state index contributed by atoms with van der Waals surface area (Å²) in [5, 5.41) is 2.11. The molecule has 0 aliphatic heterocycles. The van der Waals surface area contributed by atoms with Crippen molar-refractivity contribution in [1.82, 2.24) is 0 Å². The molecule has 2 unspecified atom stereocenters. The summed E-state index contributed by atoms with van der Waals surface area (Å²) in [5.41, 5.74) is 8.23. The third-order valence-corrected chi connectivity index (χ3v) is 5.10. The molecule has 2 aromatic rings. The normalized spacial score (nSPS) is 19.4. The van der Waals surface area contributed by atoms with Gasteiger partial charge >= 0.3 is 0 Å². The van der Waals surface area contributed by atoms with Gasteiger partial charge in [0.25, 0.3) is 0 Å². The molecular formula is C16H18FNOS. The average Bonchev–Trinajstić information content (AvgIpc) is 2.95. The van der Waals surface area contributed by atoms with Gasteiger partial charge in [0.15, 0.2) is 11.6 Å². The molecule has 0 saturated heterocycles. The van der Waals surface area contributed by atoms with Crippen molar-refractivity contribution in [2.45, 2.75) is 31.2 Å². The van der Waals surface area contributed by atoms with E-state index < -0.39 is 0 Å². The Bertz CT molecular complexity index is 610. The van der Waals surface area contributed by atoms with E-state index in [0.717, 1.165) is 19.3 Å². The maximum atomic E-state index is 14.4. The Labute approximate surface area is 122 Å². The van der Waals surface area contributed by atoms with E-state index in [0.29, 0.717) is 5.56 Å². The van der Waals surface area contributed by atoms with Crippen LogP contribution >= 0.6 is 11.3 Å². The molecule has 0 spiro atoms. The minimum atomic E-state index is -0.329. The Morgan fingerprint density at radius 3 is 3.05 bits per heavy atom. The Morgan fingerprint density at radius 1 is 1.40 bits per heavy atom. The van der Waals surface area contributed by atoms with Crippen LogP contribution in [0, 0.1) is 5.82 Å².